The van der Waals surface area contributed by atoms with Gasteiger partial charge in [0.25, 0.3) is 0 Å². The summed E-state index contributed by atoms with van der Waals surface area (Å²) in [6, 6.07) is 4.63. The van der Waals surface area contributed by atoms with Gasteiger partial charge in [0.05, 0.1) is 16.9 Å². The van der Waals surface area contributed by atoms with E-state index in [1.807, 2.05) is 6.92 Å². The van der Waals surface area contributed by atoms with Gasteiger partial charge in [0, 0.05) is 28.9 Å². The molecule has 1 rings (SSSR count). The fourth-order valence-electron chi connectivity index (χ4n) is 1.49. The molecule has 0 aromatic heterocycles. The van der Waals surface area contributed by atoms with E-state index in [-0.39, 0.29) is 11.6 Å². The molecule has 0 aliphatic heterocycles. The Morgan fingerprint density at radius 1 is 1.56 bits per heavy atom. The van der Waals surface area contributed by atoms with Crippen LogP contribution >= 0.6 is 0 Å². The van der Waals surface area contributed by atoms with Crippen LogP contribution in [0.25, 0.3) is 0 Å². The Hall–Kier alpha value is -1.56. The number of hydrogen-bond acceptors (Lipinski definition) is 4. The lowest BCUT2D eigenvalue weighted by molar-refractivity contribution is 0.0697. The minimum Gasteiger partial charge on any atom is -0.478 e. The summed E-state index contributed by atoms with van der Waals surface area (Å²) in [7, 11) is -0.827. The van der Waals surface area contributed by atoms with E-state index in [0.717, 1.165) is 6.42 Å². The van der Waals surface area contributed by atoms with E-state index in [1.54, 1.807) is 12.3 Å². The van der Waals surface area contributed by atoms with Gasteiger partial charge in [-0.25, -0.2) is 4.79 Å². The molecule has 0 aliphatic rings. The molecule has 1 aromatic carbocycles. The summed E-state index contributed by atoms with van der Waals surface area (Å²) in [6.07, 6.45) is 2.39. The first-order valence-electron chi connectivity index (χ1n) is 5.59. The standard InChI is InChI=1S/C12H18N2O3S/c1-8(5-6-18(2)17)14-11-7-9(12(15)16)3-4-10(11)13/h3-4,7-8,14H,5-6,13H2,1-2H3,(H,15,16). The lowest BCUT2D eigenvalue weighted by Crippen LogP contribution is -2.19. The van der Waals surface area contributed by atoms with Crippen LogP contribution in [-0.2, 0) is 10.8 Å². The second-order valence-corrected chi connectivity index (χ2v) is 5.77. The van der Waals surface area contributed by atoms with E-state index in [4.69, 9.17) is 10.8 Å². The minimum atomic E-state index is -0.986. The topological polar surface area (TPSA) is 92.4 Å². The molecule has 0 saturated heterocycles. The third-order valence-electron chi connectivity index (χ3n) is 2.54. The van der Waals surface area contributed by atoms with Crippen LogP contribution in [0.4, 0.5) is 11.4 Å². The molecular weight excluding hydrogens is 252 g/mol. The maximum Gasteiger partial charge on any atom is 0.335 e. The molecule has 0 saturated carbocycles. The fraction of sp³-hybridized carbons (Fsp3) is 0.417. The predicted molar refractivity (Wildman–Crippen MR) is 74.4 cm³/mol. The normalized spacial score (nSPS) is 13.9. The molecule has 5 nitrogen and oxygen atoms in total. The Kier molecular flexibility index (Phi) is 5.15. The van der Waals surface area contributed by atoms with Crippen LogP contribution in [-0.4, -0.2) is 33.3 Å². The summed E-state index contributed by atoms with van der Waals surface area (Å²) >= 11 is 0. The highest BCUT2D eigenvalue weighted by Crippen LogP contribution is 2.21. The summed E-state index contributed by atoms with van der Waals surface area (Å²) in [4.78, 5) is 10.9. The molecule has 0 heterocycles. The summed E-state index contributed by atoms with van der Waals surface area (Å²) in [5.74, 6) is -0.382. The molecule has 1 aromatic rings. The molecule has 0 radical (unpaired) electrons. The number of hydrogen-bond donors (Lipinski definition) is 3. The lowest BCUT2D eigenvalue weighted by Gasteiger charge is -2.16. The molecule has 0 aliphatic carbocycles. The van der Waals surface area contributed by atoms with Gasteiger partial charge in [0.2, 0.25) is 0 Å². The van der Waals surface area contributed by atoms with E-state index in [2.05, 4.69) is 5.32 Å². The van der Waals surface area contributed by atoms with Crippen LogP contribution in [0, 0.1) is 0 Å². The van der Waals surface area contributed by atoms with Gasteiger partial charge in [0.1, 0.15) is 0 Å². The monoisotopic (exact) mass is 270 g/mol. The third-order valence-corrected chi connectivity index (χ3v) is 3.35. The zero-order valence-corrected chi connectivity index (χ0v) is 11.3. The molecular formula is C12H18N2O3S. The Bertz CT molecular complexity index is 463. The zero-order valence-electron chi connectivity index (χ0n) is 10.5. The Labute approximate surface area is 109 Å². The first-order chi connectivity index (χ1) is 8.40. The molecule has 2 unspecified atom stereocenters. The molecule has 0 amide bonds. The number of benzene rings is 1. The van der Waals surface area contributed by atoms with Gasteiger partial charge >= 0.3 is 5.97 Å². The number of carbonyl (C=O) groups is 1. The van der Waals surface area contributed by atoms with Crippen molar-refractivity contribution in [2.24, 2.45) is 0 Å². The van der Waals surface area contributed by atoms with Crippen LogP contribution in [0.1, 0.15) is 23.7 Å². The van der Waals surface area contributed by atoms with Crippen LogP contribution in [0.3, 0.4) is 0 Å². The van der Waals surface area contributed by atoms with Crippen molar-refractivity contribution in [2.45, 2.75) is 19.4 Å². The van der Waals surface area contributed by atoms with E-state index < -0.39 is 16.8 Å². The molecule has 18 heavy (non-hydrogen) atoms. The number of aromatic carboxylic acids is 1. The van der Waals surface area contributed by atoms with E-state index >= 15 is 0 Å². The molecule has 2 atom stereocenters. The highest BCUT2D eigenvalue weighted by Gasteiger charge is 2.09. The summed E-state index contributed by atoms with van der Waals surface area (Å²) in [5, 5.41) is 12.0. The minimum absolute atomic E-state index is 0.0836. The van der Waals surface area contributed by atoms with Crippen molar-refractivity contribution in [3.63, 3.8) is 0 Å². The van der Waals surface area contributed by atoms with Gasteiger partial charge in [-0.3, -0.25) is 4.21 Å². The van der Waals surface area contributed by atoms with Crippen LogP contribution < -0.4 is 11.1 Å². The van der Waals surface area contributed by atoms with Gasteiger partial charge in [0.15, 0.2) is 0 Å². The van der Waals surface area contributed by atoms with Crippen molar-refractivity contribution in [1.29, 1.82) is 0 Å². The number of nitrogen functional groups attached to an aromatic ring is 1. The fourth-order valence-corrected chi connectivity index (χ4v) is 2.18. The second-order valence-electron chi connectivity index (χ2n) is 4.22. The van der Waals surface area contributed by atoms with Crippen molar-refractivity contribution in [3.8, 4) is 0 Å². The molecule has 0 bridgehead atoms. The van der Waals surface area contributed by atoms with Crippen molar-refractivity contribution >= 4 is 28.1 Å². The van der Waals surface area contributed by atoms with Crippen molar-refractivity contribution in [3.05, 3.63) is 23.8 Å². The number of carboxylic acid groups (broad SMARTS) is 1. The van der Waals surface area contributed by atoms with Crippen LogP contribution in [0.15, 0.2) is 18.2 Å². The first-order valence-corrected chi connectivity index (χ1v) is 7.32. The van der Waals surface area contributed by atoms with E-state index in [0.29, 0.717) is 17.1 Å². The molecule has 4 N–H and O–H groups in total. The lowest BCUT2D eigenvalue weighted by atomic mass is 10.1. The molecule has 100 valence electrons. The van der Waals surface area contributed by atoms with Crippen molar-refractivity contribution in [1.82, 2.24) is 0 Å². The Morgan fingerprint density at radius 3 is 2.78 bits per heavy atom. The average Bonchev–Trinajstić information content (AvgIpc) is 2.29. The van der Waals surface area contributed by atoms with Gasteiger partial charge in [-0.1, -0.05) is 0 Å². The molecule has 6 heteroatoms. The third kappa shape index (κ3) is 4.37. The predicted octanol–water partition coefficient (Wildman–Crippen LogP) is 1.54. The molecule has 0 fully saturated rings. The van der Waals surface area contributed by atoms with Crippen LogP contribution in [0.5, 0.6) is 0 Å². The number of anilines is 2. The summed E-state index contributed by atoms with van der Waals surface area (Å²) in [5.41, 5.74) is 7.08. The molecule has 0 spiro atoms. The zero-order chi connectivity index (χ0) is 13.7. The van der Waals surface area contributed by atoms with Crippen molar-refractivity contribution in [2.75, 3.05) is 23.1 Å². The number of nitrogens with one attached hydrogen (secondary N) is 1. The quantitative estimate of drug-likeness (QED) is 0.682. The second kappa shape index (κ2) is 6.39. The Balaban J connectivity index is 2.73. The Morgan fingerprint density at radius 2 is 2.22 bits per heavy atom. The maximum atomic E-state index is 11.0. The highest BCUT2D eigenvalue weighted by molar-refractivity contribution is 7.84. The number of nitrogens with two attached hydrogens (primary N) is 1. The van der Waals surface area contributed by atoms with Crippen LogP contribution in [0.2, 0.25) is 0 Å². The number of rotatable bonds is 6. The number of carboxylic acids is 1. The largest absolute Gasteiger partial charge is 0.478 e. The first kappa shape index (κ1) is 14.5. The van der Waals surface area contributed by atoms with Gasteiger partial charge in [-0.05, 0) is 31.5 Å². The van der Waals surface area contributed by atoms with Gasteiger partial charge in [-0.2, -0.15) is 0 Å². The average molecular weight is 270 g/mol. The van der Waals surface area contributed by atoms with Crippen molar-refractivity contribution < 1.29 is 14.1 Å². The smallest absolute Gasteiger partial charge is 0.335 e. The highest BCUT2D eigenvalue weighted by atomic mass is 32.2. The van der Waals surface area contributed by atoms with E-state index in [9.17, 15) is 9.00 Å². The maximum absolute atomic E-state index is 11.0. The van der Waals surface area contributed by atoms with Gasteiger partial charge < -0.3 is 16.2 Å². The van der Waals surface area contributed by atoms with Gasteiger partial charge in [-0.15, -0.1) is 0 Å². The summed E-state index contributed by atoms with van der Waals surface area (Å²) in [6.45, 7) is 1.94. The summed E-state index contributed by atoms with van der Waals surface area (Å²) < 4.78 is 11.0. The SMILES string of the molecule is CC(CCS(C)=O)Nc1cc(C(=O)O)ccc1N. The van der Waals surface area contributed by atoms with E-state index in [1.165, 1.54) is 12.1 Å².